The zero-order chi connectivity index (χ0) is 22.4. The molecule has 0 spiro atoms. The number of carbonyl (C=O) groups excluding carboxylic acids is 1. The summed E-state index contributed by atoms with van der Waals surface area (Å²) in [5.74, 6) is 3.53. The third-order valence-electron chi connectivity index (χ3n) is 6.57. The van der Waals surface area contributed by atoms with Gasteiger partial charge in [0.2, 0.25) is 6.79 Å². The van der Waals surface area contributed by atoms with E-state index in [1.54, 1.807) is 19.2 Å². The molecule has 1 saturated carbocycles. The number of methoxy groups -OCH3 is 1. The van der Waals surface area contributed by atoms with Crippen molar-refractivity contribution in [2.45, 2.75) is 31.6 Å². The number of aromatic nitrogens is 2. The number of rotatable bonds is 4. The maximum absolute atomic E-state index is 13.3. The van der Waals surface area contributed by atoms with E-state index in [2.05, 4.69) is 12.1 Å². The van der Waals surface area contributed by atoms with E-state index >= 15 is 0 Å². The Morgan fingerprint density at radius 3 is 2.58 bits per heavy atom. The van der Waals surface area contributed by atoms with Crippen molar-refractivity contribution in [2.75, 3.05) is 27.0 Å². The van der Waals surface area contributed by atoms with Crippen LogP contribution in [0.5, 0.6) is 17.2 Å². The van der Waals surface area contributed by atoms with Gasteiger partial charge < -0.3 is 19.1 Å². The smallest absolute Gasteiger partial charge is 0.254 e. The molecule has 0 N–H and O–H groups in total. The van der Waals surface area contributed by atoms with Crippen LogP contribution >= 0.6 is 0 Å². The largest absolute Gasteiger partial charge is 0.497 e. The number of hydrogen-bond acceptors (Lipinski definition) is 6. The van der Waals surface area contributed by atoms with Crippen LogP contribution < -0.4 is 14.2 Å². The van der Waals surface area contributed by atoms with Crippen molar-refractivity contribution < 1.29 is 19.0 Å². The van der Waals surface area contributed by atoms with E-state index in [-0.39, 0.29) is 12.7 Å². The molecule has 33 heavy (non-hydrogen) atoms. The van der Waals surface area contributed by atoms with Gasteiger partial charge in [0.25, 0.3) is 5.91 Å². The molecule has 7 nitrogen and oxygen atoms in total. The first-order valence-electron chi connectivity index (χ1n) is 11.4. The summed E-state index contributed by atoms with van der Waals surface area (Å²) in [6.07, 6.45) is 3.74. The third kappa shape index (κ3) is 3.77. The monoisotopic (exact) mass is 443 g/mol. The van der Waals surface area contributed by atoms with Gasteiger partial charge in [0.05, 0.1) is 12.8 Å². The molecule has 0 atom stereocenters. The molecular weight excluding hydrogens is 418 g/mol. The Balaban J connectivity index is 1.30. The molecule has 3 aliphatic rings. The Bertz CT molecular complexity index is 1220. The fraction of sp³-hybridized carbons (Fsp3) is 0.346. The van der Waals surface area contributed by atoms with Crippen LogP contribution in [-0.4, -0.2) is 47.8 Å². The van der Waals surface area contributed by atoms with E-state index in [1.165, 1.54) is 0 Å². The Labute approximate surface area is 192 Å². The second-order valence-corrected chi connectivity index (χ2v) is 8.72. The molecule has 3 aromatic rings. The van der Waals surface area contributed by atoms with E-state index in [0.29, 0.717) is 36.1 Å². The normalized spacial score (nSPS) is 16.8. The highest BCUT2D eigenvalue weighted by Gasteiger charge is 2.30. The SMILES string of the molecule is COc1ccc(-c2nc(C3CC3)nc3c2CCN(C(=O)c2ccc4c(c2)OCO4)CC3)cc1. The zero-order valence-corrected chi connectivity index (χ0v) is 18.5. The maximum Gasteiger partial charge on any atom is 0.254 e. The van der Waals surface area contributed by atoms with Crippen LogP contribution in [0.25, 0.3) is 11.3 Å². The van der Waals surface area contributed by atoms with Gasteiger partial charge in [-0.25, -0.2) is 9.97 Å². The van der Waals surface area contributed by atoms with E-state index in [9.17, 15) is 4.79 Å². The molecule has 0 bridgehead atoms. The Hall–Kier alpha value is -3.61. The number of carbonyl (C=O) groups is 1. The summed E-state index contributed by atoms with van der Waals surface area (Å²) in [6, 6.07) is 13.4. The summed E-state index contributed by atoms with van der Waals surface area (Å²) in [7, 11) is 1.67. The van der Waals surface area contributed by atoms with Crippen molar-refractivity contribution in [2.24, 2.45) is 0 Å². The molecule has 168 valence electrons. The quantitative estimate of drug-likeness (QED) is 0.607. The van der Waals surface area contributed by atoms with Crippen molar-refractivity contribution in [3.05, 3.63) is 65.1 Å². The fourth-order valence-corrected chi connectivity index (χ4v) is 4.55. The third-order valence-corrected chi connectivity index (χ3v) is 6.57. The van der Waals surface area contributed by atoms with Gasteiger partial charge in [-0.3, -0.25) is 4.79 Å². The topological polar surface area (TPSA) is 73.8 Å². The lowest BCUT2D eigenvalue weighted by molar-refractivity contribution is 0.0762. The summed E-state index contributed by atoms with van der Waals surface area (Å²) < 4.78 is 16.2. The lowest BCUT2D eigenvalue weighted by atomic mass is 10.0. The van der Waals surface area contributed by atoms with Crippen molar-refractivity contribution in [3.63, 3.8) is 0 Å². The zero-order valence-electron chi connectivity index (χ0n) is 18.5. The molecular formula is C26H25N3O4. The van der Waals surface area contributed by atoms with Gasteiger partial charge in [0.15, 0.2) is 11.5 Å². The molecule has 1 amide bonds. The van der Waals surface area contributed by atoms with Crippen LogP contribution in [0.2, 0.25) is 0 Å². The van der Waals surface area contributed by atoms with Crippen LogP contribution in [0, 0.1) is 0 Å². The van der Waals surface area contributed by atoms with Gasteiger partial charge in [-0.1, -0.05) is 0 Å². The lowest BCUT2D eigenvalue weighted by Gasteiger charge is -2.20. The van der Waals surface area contributed by atoms with Crippen LogP contribution in [0.4, 0.5) is 0 Å². The molecule has 1 aromatic heterocycles. The molecule has 1 aliphatic carbocycles. The van der Waals surface area contributed by atoms with Gasteiger partial charge >= 0.3 is 0 Å². The fourth-order valence-electron chi connectivity index (χ4n) is 4.55. The van der Waals surface area contributed by atoms with Crippen LogP contribution in [0.1, 0.15) is 46.2 Å². The summed E-state index contributed by atoms with van der Waals surface area (Å²) in [5, 5.41) is 0. The average molecular weight is 444 g/mol. The van der Waals surface area contributed by atoms with Crippen molar-refractivity contribution in [1.82, 2.24) is 14.9 Å². The number of fused-ring (bicyclic) bond motifs is 2. The van der Waals surface area contributed by atoms with Gasteiger partial charge in [-0.2, -0.15) is 0 Å². The van der Waals surface area contributed by atoms with E-state index in [4.69, 9.17) is 24.2 Å². The number of benzene rings is 2. The van der Waals surface area contributed by atoms with E-state index in [1.807, 2.05) is 23.1 Å². The summed E-state index contributed by atoms with van der Waals surface area (Å²) in [4.78, 5) is 25.2. The summed E-state index contributed by atoms with van der Waals surface area (Å²) >= 11 is 0. The highest BCUT2D eigenvalue weighted by atomic mass is 16.7. The highest BCUT2D eigenvalue weighted by molar-refractivity contribution is 5.95. The predicted octanol–water partition coefficient (Wildman–Crippen LogP) is 4.00. The molecule has 6 rings (SSSR count). The van der Waals surface area contributed by atoms with E-state index < -0.39 is 0 Å². The molecule has 0 radical (unpaired) electrons. The van der Waals surface area contributed by atoms with Crippen molar-refractivity contribution in [3.8, 4) is 28.5 Å². The lowest BCUT2D eigenvalue weighted by Crippen LogP contribution is -2.33. The molecule has 0 unspecified atom stereocenters. The Morgan fingerprint density at radius 2 is 1.79 bits per heavy atom. The maximum atomic E-state index is 13.3. The molecule has 0 saturated heterocycles. The summed E-state index contributed by atoms with van der Waals surface area (Å²) in [6.45, 7) is 1.45. The average Bonchev–Trinajstić information content (AvgIpc) is 3.64. The standard InChI is InChI=1S/C26H25N3O4/c1-31-19-7-4-16(5-8-19)24-20-10-12-29(13-11-21(20)27-25(28-24)17-2-3-17)26(30)18-6-9-22-23(14-18)33-15-32-22/h4-9,14,17H,2-3,10-13,15H2,1H3. The number of amides is 1. The minimum Gasteiger partial charge on any atom is -0.497 e. The van der Waals surface area contributed by atoms with Gasteiger partial charge in [-0.15, -0.1) is 0 Å². The van der Waals surface area contributed by atoms with Gasteiger partial charge in [0, 0.05) is 47.8 Å². The minimum atomic E-state index is 0.00230. The van der Waals surface area contributed by atoms with Gasteiger partial charge in [0.1, 0.15) is 11.6 Å². The number of nitrogens with zero attached hydrogens (tertiary/aromatic N) is 3. The van der Waals surface area contributed by atoms with Crippen molar-refractivity contribution >= 4 is 5.91 Å². The number of hydrogen-bond donors (Lipinski definition) is 0. The van der Waals surface area contributed by atoms with E-state index in [0.717, 1.165) is 59.8 Å². The Morgan fingerprint density at radius 1 is 1.00 bits per heavy atom. The second kappa shape index (κ2) is 8.06. The molecule has 2 aromatic carbocycles. The summed E-state index contributed by atoms with van der Waals surface area (Å²) in [5.41, 5.74) is 4.88. The minimum absolute atomic E-state index is 0.00230. The molecule has 2 aliphatic heterocycles. The van der Waals surface area contributed by atoms with Crippen LogP contribution in [-0.2, 0) is 12.8 Å². The molecule has 7 heteroatoms. The first-order chi connectivity index (χ1) is 16.2. The van der Waals surface area contributed by atoms with Crippen LogP contribution in [0.3, 0.4) is 0 Å². The first kappa shape index (κ1) is 20.0. The van der Waals surface area contributed by atoms with Crippen LogP contribution in [0.15, 0.2) is 42.5 Å². The predicted molar refractivity (Wildman–Crippen MR) is 122 cm³/mol. The Kier molecular flexibility index (Phi) is 4.89. The number of ether oxygens (including phenoxy) is 3. The first-order valence-corrected chi connectivity index (χ1v) is 11.4. The van der Waals surface area contributed by atoms with Crippen molar-refractivity contribution in [1.29, 1.82) is 0 Å². The molecule has 3 heterocycles. The second-order valence-electron chi connectivity index (χ2n) is 8.72. The highest BCUT2D eigenvalue weighted by Crippen LogP contribution is 2.40. The molecule has 1 fully saturated rings. The van der Waals surface area contributed by atoms with Gasteiger partial charge in [-0.05, 0) is 61.7 Å².